The smallest absolute Gasteiger partial charge is 0.0672 e. The lowest BCUT2D eigenvalue weighted by Gasteiger charge is -2.15. The van der Waals surface area contributed by atoms with Gasteiger partial charge in [0.1, 0.15) is 0 Å². The van der Waals surface area contributed by atoms with E-state index in [1.807, 2.05) is 6.92 Å². The van der Waals surface area contributed by atoms with Crippen LogP contribution in [0.3, 0.4) is 0 Å². The molecule has 0 aliphatic heterocycles. The van der Waals surface area contributed by atoms with Gasteiger partial charge in [0.15, 0.2) is 0 Å². The first-order valence-corrected chi connectivity index (χ1v) is 7.57. The van der Waals surface area contributed by atoms with Gasteiger partial charge >= 0.3 is 0 Å². The lowest BCUT2D eigenvalue weighted by Crippen LogP contribution is -2.30. The van der Waals surface area contributed by atoms with Gasteiger partial charge in [-0.05, 0) is 35.8 Å². The Morgan fingerprint density at radius 3 is 2.89 bits per heavy atom. The zero-order valence-electron chi connectivity index (χ0n) is 11.0. The quantitative estimate of drug-likeness (QED) is 0.568. The summed E-state index contributed by atoms with van der Waals surface area (Å²) in [7, 11) is 0. The average molecular weight is 333 g/mol. The molecule has 0 aromatic carbocycles. The van der Waals surface area contributed by atoms with E-state index in [-0.39, 0.29) is 6.04 Å². The van der Waals surface area contributed by atoms with E-state index in [1.54, 1.807) is 11.3 Å². The SMILES string of the molecule is C=C(C)COCCNC(CN)c1cc(Br)c(C)s1. The Kier molecular flexibility index (Phi) is 7.11. The number of hydrogen-bond acceptors (Lipinski definition) is 4. The van der Waals surface area contributed by atoms with Crippen LogP contribution >= 0.6 is 27.3 Å². The highest BCUT2D eigenvalue weighted by Gasteiger charge is 2.12. The highest BCUT2D eigenvalue weighted by atomic mass is 79.9. The molecule has 3 nitrogen and oxygen atoms in total. The van der Waals surface area contributed by atoms with Gasteiger partial charge in [0.2, 0.25) is 0 Å². The summed E-state index contributed by atoms with van der Waals surface area (Å²) in [5, 5.41) is 3.41. The molecule has 18 heavy (non-hydrogen) atoms. The van der Waals surface area contributed by atoms with Crippen LogP contribution in [0.5, 0.6) is 0 Å². The van der Waals surface area contributed by atoms with Crippen molar-refractivity contribution in [2.45, 2.75) is 19.9 Å². The summed E-state index contributed by atoms with van der Waals surface area (Å²) < 4.78 is 6.60. The molecule has 0 spiro atoms. The number of nitrogens with two attached hydrogens (primary N) is 1. The van der Waals surface area contributed by atoms with Crippen molar-refractivity contribution < 1.29 is 4.74 Å². The molecule has 0 bridgehead atoms. The van der Waals surface area contributed by atoms with Crippen LogP contribution in [0.4, 0.5) is 0 Å². The van der Waals surface area contributed by atoms with E-state index in [1.165, 1.54) is 9.75 Å². The summed E-state index contributed by atoms with van der Waals surface area (Å²) >= 11 is 5.30. The maximum atomic E-state index is 5.80. The molecule has 0 saturated heterocycles. The Morgan fingerprint density at radius 1 is 1.67 bits per heavy atom. The van der Waals surface area contributed by atoms with Gasteiger partial charge in [-0.2, -0.15) is 0 Å². The molecule has 0 radical (unpaired) electrons. The van der Waals surface area contributed by atoms with E-state index in [0.717, 1.165) is 16.6 Å². The zero-order valence-corrected chi connectivity index (χ0v) is 13.4. The first-order chi connectivity index (χ1) is 8.54. The number of halogens is 1. The van der Waals surface area contributed by atoms with Crippen molar-refractivity contribution in [3.63, 3.8) is 0 Å². The first-order valence-electron chi connectivity index (χ1n) is 5.96. The van der Waals surface area contributed by atoms with Gasteiger partial charge in [0.25, 0.3) is 0 Å². The lowest BCUT2D eigenvalue weighted by atomic mass is 10.2. The fraction of sp³-hybridized carbons (Fsp3) is 0.538. The van der Waals surface area contributed by atoms with Crippen molar-refractivity contribution in [2.24, 2.45) is 5.73 Å². The Morgan fingerprint density at radius 2 is 2.39 bits per heavy atom. The van der Waals surface area contributed by atoms with Crippen LogP contribution in [-0.2, 0) is 4.74 Å². The third kappa shape index (κ3) is 5.20. The maximum Gasteiger partial charge on any atom is 0.0672 e. The third-order valence-corrected chi connectivity index (χ3v) is 4.69. The highest BCUT2D eigenvalue weighted by molar-refractivity contribution is 9.10. The van der Waals surface area contributed by atoms with Crippen LogP contribution in [0.15, 0.2) is 22.7 Å². The second kappa shape index (κ2) is 8.07. The molecule has 3 N–H and O–H groups in total. The van der Waals surface area contributed by atoms with Crippen molar-refractivity contribution in [1.29, 1.82) is 0 Å². The van der Waals surface area contributed by atoms with Crippen LogP contribution in [0.25, 0.3) is 0 Å². The molecule has 5 heteroatoms. The minimum Gasteiger partial charge on any atom is -0.376 e. The van der Waals surface area contributed by atoms with Gasteiger partial charge in [0, 0.05) is 27.3 Å². The van der Waals surface area contributed by atoms with Crippen molar-refractivity contribution in [3.8, 4) is 0 Å². The maximum absolute atomic E-state index is 5.80. The molecule has 102 valence electrons. The van der Waals surface area contributed by atoms with Gasteiger partial charge in [-0.3, -0.25) is 0 Å². The average Bonchev–Trinajstić information content (AvgIpc) is 2.63. The standard InChI is InChI=1S/C13H21BrN2OS/c1-9(2)8-17-5-4-16-12(7-15)13-6-11(14)10(3)18-13/h6,12,16H,1,4-5,7-8,15H2,2-3H3. The number of rotatable bonds is 8. The molecule has 1 aromatic heterocycles. The molecule has 0 aliphatic rings. The predicted octanol–water partition coefficient (Wildman–Crippen LogP) is 3.00. The van der Waals surface area contributed by atoms with Gasteiger partial charge < -0.3 is 15.8 Å². The minimum absolute atomic E-state index is 0.202. The summed E-state index contributed by atoms with van der Waals surface area (Å²) in [5.74, 6) is 0. The summed E-state index contributed by atoms with van der Waals surface area (Å²) in [6, 6.07) is 2.34. The summed E-state index contributed by atoms with van der Waals surface area (Å²) in [5.41, 5.74) is 6.85. The third-order valence-electron chi connectivity index (χ3n) is 2.44. The molecular formula is C13H21BrN2OS. The molecule has 0 amide bonds. The largest absolute Gasteiger partial charge is 0.376 e. The van der Waals surface area contributed by atoms with Crippen LogP contribution in [0, 0.1) is 6.92 Å². The minimum atomic E-state index is 0.202. The molecule has 1 unspecified atom stereocenters. The van der Waals surface area contributed by atoms with Crippen LogP contribution < -0.4 is 11.1 Å². The topological polar surface area (TPSA) is 47.3 Å². The normalized spacial score (nSPS) is 12.7. The van der Waals surface area contributed by atoms with Crippen molar-refractivity contribution in [1.82, 2.24) is 5.32 Å². The van der Waals surface area contributed by atoms with Crippen molar-refractivity contribution in [3.05, 3.63) is 32.4 Å². The van der Waals surface area contributed by atoms with E-state index in [0.29, 0.717) is 19.8 Å². The molecule has 1 rings (SSSR count). The van der Waals surface area contributed by atoms with Crippen LogP contribution in [0.1, 0.15) is 22.7 Å². The molecule has 1 aromatic rings. The van der Waals surface area contributed by atoms with E-state index in [9.17, 15) is 0 Å². The number of nitrogens with one attached hydrogen (secondary N) is 1. The molecule has 1 heterocycles. The second-order valence-corrected chi connectivity index (χ2v) is 6.45. The van der Waals surface area contributed by atoms with Crippen LogP contribution in [-0.4, -0.2) is 26.3 Å². The lowest BCUT2D eigenvalue weighted by molar-refractivity contribution is 0.155. The van der Waals surface area contributed by atoms with E-state index in [2.05, 4.69) is 40.8 Å². The highest BCUT2D eigenvalue weighted by Crippen LogP contribution is 2.30. The summed E-state index contributed by atoms with van der Waals surface area (Å²) in [6.45, 7) is 10.5. The molecule has 0 fully saturated rings. The summed E-state index contributed by atoms with van der Waals surface area (Å²) in [6.07, 6.45) is 0. The molecule has 0 saturated carbocycles. The van der Waals surface area contributed by atoms with Crippen molar-refractivity contribution >= 4 is 27.3 Å². The van der Waals surface area contributed by atoms with Crippen LogP contribution in [0.2, 0.25) is 0 Å². The van der Waals surface area contributed by atoms with Gasteiger partial charge in [0.05, 0.1) is 19.3 Å². The Balaban J connectivity index is 2.36. The molecule has 1 atom stereocenters. The first kappa shape index (κ1) is 15.9. The summed E-state index contributed by atoms with van der Waals surface area (Å²) in [4.78, 5) is 2.55. The monoisotopic (exact) mass is 332 g/mol. The second-order valence-electron chi connectivity index (χ2n) is 4.30. The number of ether oxygens (including phenoxy) is 1. The molecule has 0 aliphatic carbocycles. The Bertz CT molecular complexity index is 373. The van der Waals surface area contributed by atoms with Gasteiger partial charge in [-0.1, -0.05) is 12.2 Å². The molecular weight excluding hydrogens is 312 g/mol. The fourth-order valence-corrected chi connectivity index (χ4v) is 3.15. The predicted molar refractivity (Wildman–Crippen MR) is 82.2 cm³/mol. The number of hydrogen-bond donors (Lipinski definition) is 2. The van der Waals surface area contributed by atoms with Gasteiger partial charge in [-0.15, -0.1) is 11.3 Å². The Hall–Kier alpha value is -0.200. The fourth-order valence-electron chi connectivity index (χ4n) is 1.51. The zero-order chi connectivity index (χ0) is 13.5. The van der Waals surface area contributed by atoms with Crippen molar-refractivity contribution in [2.75, 3.05) is 26.3 Å². The van der Waals surface area contributed by atoms with E-state index < -0.39 is 0 Å². The number of thiophene rings is 1. The number of aryl methyl sites for hydroxylation is 1. The van der Waals surface area contributed by atoms with E-state index >= 15 is 0 Å². The van der Waals surface area contributed by atoms with E-state index in [4.69, 9.17) is 10.5 Å². The van der Waals surface area contributed by atoms with Gasteiger partial charge in [-0.25, -0.2) is 0 Å². The Labute approximate surface area is 122 Å².